The highest BCUT2D eigenvalue weighted by Crippen LogP contribution is 2.35. The van der Waals surface area contributed by atoms with E-state index in [0.29, 0.717) is 0 Å². The van der Waals surface area contributed by atoms with Gasteiger partial charge in [-0.25, -0.2) is 0 Å². The van der Waals surface area contributed by atoms with Crippen molar-refractivity contribution >= 4 is 14.5 Å². The third-order valence-corrected chi connectivity index (χ3v) is 1.32. The highest BCUT2D eigenvalue weighted by atomic mass is 31.2. The lowest BCUT2D eigenvalue weighted by atomic mass is 11.8. The van der Waals surface area contributed by atoms with Crippen molar-refractivity contribution in [1.82, 2.24) is 0 Å². The van der Waals surface area contributed by atoms with Crippen molar-refractivity contribution in [3.8, 4) is 0 Å². The van der Waals surface area contributed by atoms with Crippen molar-refractivity contribution in [3.05, 3.63) is 0 Å². The highest BCUT2D eigenvalue weighted by Gasteiger charge is 1.99. The van der Waals surface area contributed by atoms with Crippen LogP contribution in [0.2, 0.25) is 0 Å². The van der Waals surface area contributed by atoms with Gasteiger partial charge >= 0.3 is 0 Å². The van der Waals surface area contributed by atoms with Crippen molar-refractivity contribution in [3.63, 3.8) is 0 Å². The van der Waals surface area contributed by atoms with E-state index in [1.54, 1.807) is 33.3 Å². The Balaban J connectivity index is -0.0000000576. The molecular weight excluding hydrogens is 222 g/mol. The average Bonchev–Trinajstić information content (AvgIpc) is 1.87. The first-order chi connectivity index (χ1) is 5.56. The Morgan fingerprint density at radius 1 is 0.929 bits per heavy atom. The quantitative estimate of drug-likeness (QED) is 0.724. The maximum absolute atomic E-state index is 10.4. The first-order valence-electron chi connectivity index (χ1n) is 3.64. The summed E-state index contributed by atoms with van der Waals surface area (Å²) in [7, 11) is -1.34. The lowest BCUT2D eigenvalue weighted by Gasteiger charge is -1.98. The molecule has 0 aliphatic rings. The highest BCUT2D eigenvalue weighted by molar-refractivity contribution is 7.61. The Morgan fingerprint density at radius 3 is 1.00 bits per heavy atom. The van der Waals surface area contributed by atoms with Gasteiger partial charge in [0.2, 0.25) is 0 Å². The zero-order valence-electron chi connectivity index (χ0n) is 9.57. The van der Waals surface area contributed by atoms with Gasteiger partial charge in [-0.2, -0.15) is 0 Å². The van der Waals surface area contributed by atoms with E-state index in [1.165, 1.54) is 7.11 Å². The number of aliphatic hydroxyl groups excluding tert-OH is 1. The minimum absolute atomic E-state index is 0. The first-order valence-corrected chi connectivity index (χ1v) is 9.21. The van der Waals surface area contributed by atoms with Crippen LogP contribution in [0.1, 0.15) is 7.43 Å². The summed E-state index contributed by atoms with van der Waals surface area (Å²) in [5.74, 6) is 0. The molecule has 0 amide bonds. The first kappa shape index (κ1) is 23.9. The van der Waals surface area contributed by atoms with E-state index in [0.717, 1.165) is 7.11 Å². The van der Waals surface area contributed by atoms with Gasteiger partial charge in [-0.15, -0.1) is 0 Å². The van der Waals surface area contributed by atoms with Crippen molar-refractivity contribution in [2.45, 2.75) is 7.43 Å². The Kier molecular flexibility index (Phi) is 19.5. The molecule has 6 heteroatoms. The third kappa shape index (κ3) is 140. The molecule has 0 heterocycles. The molecule has 0 aromatic heterocycles. The molecule has 14 heavy (non-hydrogen) atoms. The molecule has 0 fully saturated rings. The van der Waals surface area contributed by atoms with Gasteiger partial charge in [-0.1, -0.05) is 7.43 Å². The fourth-order valence-electron chi connectivity index (χ4n) is 0. The average molecular weight is 248 g/mol. The second-order valence-corrected chi connectivity index (χ2v) is 9.97. The van der Waals surface area contributed by atoms with Gasteiger partial charge in [0.1, 0.15) is 0 Å². The zero-order valence-corrected chi connectivity index (χ0v) is 11.4. The molecule has 0 saturated carbocycles. The summed E-state index contributed by atoms with van der Waals surface area (Å²) in [6.07, 6.45) is 0. The largest absolute Gasteiger partial charge is 0.400 e. The van der Waals surface area contributed by atoms with Crippen LogP contribution in [0.3, 0.4) is 0 Å². The fourth-order valence-corrected chi connectivity index (χ4v) is 0. The Hall–Kier alpha value is 0.380. The van der Waals surface area contributed by atoms with Crippen molar-refractivity contribution < 1.29 is 18.8 Å². The molecule has 92 valence electrons. The summed E-state index contributed by atoms with van der Waals surface area (Å²) in [6, 6.07) is 0. The van der Waals surface area contributed by atoms with Crippen LogP contribution in [0.25, 0.3) is 0 Å². The Labute approximate surface area is 88.9 Å². The minimum Gasteiger partial charge on any atom is -0.400 e. The van der Waals surface area contributed by atoms with Crippen LogP contribution in [0.15, 0.2) is 0 Å². The smallest absolute Gasteiger partial charge is 0.196 e. The monoisotopic (exact) mass is 248 g/mol. The van der Waals surface area contributed by atoms with Gasteiger partial charge in [-0.05, 0) is 20.0 Å². The molecule has 0 aromatic carbocycles. The Bertz CT molecular complexity index is 172. The Morgan fingerprint density at radius 2 is 1.00 bits per heavy atom. The summed E-state index contributed by atoms with van der Waals surface area (Å²) >= 11 is 0. The summed E-state index contributed by atoms with van der Waals surface area (Å²) < 4.78 is 25.1. The summed E-state index contributed by atoms with van der Waals surface area (Å²) in [5, 5.41) is 7.00. The molecule has 4 nitrogen and oxygen atoms in total. The number of hydrogen-bond acceptors (Lipinski definition) is 4. The van der Waals surface area contributed by atoms with E-state index < -0.39 is 14.5 Å². The summed E-state index contributed by atoms with van der Waals surface area (Å²) in [5.41, 5.74) is 0. The van der Waals surface area contributed by atoms with Crippen LogP contribution < -0.4 is 0 Å². The van der Waals surface area contributed by atoms with Crippen LogP contribution in [0, 0.1) is 0 Å². The van der Waals surface area contributed by atoms with E-state index in [1.807, 2.05) is 0 Å². The standard InChI is InChI=1S/C3H9O2P.C3H9OP.CH4O.CH4/c1-5-6(2,3)4;1-5(2,3)4;1-2;/h1-3H3;1-3H3;2H,1H3;1H4. The molecule has 0 atom stereocenters. The molecule has 0 aliphatic carbocycles. The molecule has 0 spiro atoms. The lowest BCUT2D eigenvalue weighted by molar-refractivity contribution is 0.399. The van der Waals surface area contributed by atoms with Gasteiger partial charge in [0, 0.05) is 27.5 Å². The second kappa shape index (κ2) is 11.5. The minimum atomic E-state index is -2.15. The predicted molar refractivity (Wildman–Crippen MR) is 66.7 cm³/mol. The van der Waals surface area contributed by atoms with Crippen LogP contribution in [-0.4, -0.2) is 52.7 Å². The van der Waals surface area contributed by atoms with Crippen LogP contribution in [-0.2, 0) is 13.7 Å². The molecule has 1 N–H and O–H groups in total. The van der Waals surface area contributed by atoms with Gasteiger partial charge < -0.3 is 14.2 Å². The van der Waals surface area contributed by atoms with E-state index in [2.05, 4.69) is 4.52 Å². The number of rotatable bonds is 1. The summed E-state index contributed by atoms with van der Waals surface area (Å²) in [6.45, 7) is 8.38. The van der Waals surface area contributed by atoms with Crippen molar-refractivity contribution in [2.75, 3.05) is 47.5 Å². The molecule has 0 rings (SSSR count). The van der Waals surface area contributed by atoms with Crippen molar-refractivity contribution in [1.29, 1.82) is 0 Å². The topological polar surface area (TPSA) is 63.6 Å². The molecule has 0 unspecified atom stereocenters. The van der Waals surface area contributed by atoms with Gasteiger partial charge in [-0.3, -0.25) is 4.57 Å². The van der Waals surface area contributed by atoms with E-state index in [9.17, 15) is 9.13 Å². The van der Waals surface area contributed by atoms with Crippen molar-refractivity contribution in [2.24, 2.45) is 0 Å². The lowest BCUT2D eigenvalue weighted by Crippen LogP contribution is -1.74. The molecule has 0 bridgehead atoms. The number of hydrogen-bond donors (Lipinski definition) is 1. The predicted octanol–water partition coefficient (Wildman–Crippen LogP) is 2.65. The SMILES string of the molecule is C.CO.COP(C)(C)=O.CP(C)(C)=O. The maximum Gasteiger partial charge on any atom is 0.196 e. The van der Waals surface area contributed by atoms with Gasteiger partial charge in [0.25, 0.3) is 0 Å². The zero-order chi connectivity index (χ0) is 11.7. The summed E-state index contributed by atoms with van der Waals surface area (Å²) in [4.78, 5) is 0. The van der Waals surface area contributed by atoms with E-state index in [4.69, 9.17) is 5.11 Å². The van der Waals surface area contributed by atoms with Crippen LogP contribution in [0.4, 0.5) is 0 Å². The maximum atomic E-state index is 10.4. The van der Waals surface area contributed by atoms with Gasteiger partial charge in [0.05, 0.1) is 7.14 Å². The normalized spacial score (nSPS) is 9.71. The molecular formula is C8H26O4P2. The second-order valence-electron chi connectivity index (χ2n) is 3.32. The van der Waals surface area contributed by atoms with Gasteiger partial charge in [0.15, 0.2) is 7.37 Å². The number of aliphatic hydroxyl groups is 1. The van der Waals surface area contributed by atoms with Crippen LogP contribution >= 0.6 is 14.5 Å². The van der Waals surface area contributed by atoms with E-state index >= 15 is 0 Å². The van der Waals surface area contributed by atoms with E-state index in [-0.39, 0.29) is 7.43 Å². The molecule has 0 aliphatic heterocycles. The van der Waals surface area contributed by atoms with Crippen LogP contribution in [0.5, 0.6) is 0 Å². The molecule has 0 aromatic rings. The molecule has 0 radical (unpaired) electrons. The third-order valence-electron chi connectivity index (χ3n) is 0.440. The fraction of sp³-hybridized carbons (Fsp3) is 1.00. The molecule has 0 saturated heterocycles.